The minimum absolute atomic E-state index is 0.113. The van der Waals surface area contributed by atoms with Gasteiger partial charge in [0.05, 0.1) is 28.6 Å². The molecule has 0 unspecified atom stereocenters. The lowest BCUT2D eigenvalue weighted by Crippen LogP contribution is -2.24. The molecule has 170 valence electrons. The number of para-hydroxylation sites is 1. The predicted octanol–water partition coefficient (Wildman–Crippen LogP) is 4.78. The van der Waals surface area contributed by atoms with Gasteiger partial charge in [0.1, 0.15) is 11.5 Å². The van der Waals surface area contributed by atoms with Crippen molar-refractivity contribution in [2.45, 2.75) is 11.7 Å². The van der Waals surface area contributed by atoms with Crippen LogP contribution in [0.1, 0.15) is 5.69 Å². The molecule has 0 bridgehead atoms. The molecule has 7 nitrogen and oxygen atoms in total. The van der Waals surface area contributed by atoms with Crippen molar-refractivity contribution in [2.75, 3.05) is 5.75 Å². The minimum atomic E-state index is -0.393. The maximum atomic E-state index is 14.5. The van der Waals surface area contributed by atoms with E-state index in [0.717, 1.165) is 17.0 Å². The maximum Gasteiger partial charge on any atom is 0.230 e. The Balaban J connectivity index is 1.32. The first-order valence-electron chi connectivity index (χ1n) is 10.4. The number of fused-ring (bicyclic) bond motifs is 1. The number of imidazole rings is 1. The normalized spacial score (nSPS) is 11.1. The molecule has 0 atom stereocenters. The Kier molecular flexibility index (Phi) is 6.29. The summed E-state index contributed by atoms with van der Waals surface area (Å²) in [5.74, 6) is -0.0950. The van der Waals surface area contributed by atoms with Crippen LogP contribution in [0, 0.1) is 5.82 Å². The highest BCUT2D eigenvalue weighted by atomic mass is 35.5. The first-order chi connectivity index (χ1) is 16.6. The van der Waals surface area contributed by atoms with E-state index in [0.29, 0.717) is 21.6 Å². The Morgan fingerprint density at radius 1 is 1.00 bits per heavy atom. The van der Waals surface area contributed by atoms with Gasteiger partial charge >= 0.3 is 0 Å². The van der Waals surface area contributed by atoms with Crippen molar-refractivity contribution in [2.24, 2.45) is 0 Å². The standard InChI is InChI=1S/C24H18ClFN6OS/c25-16-10-11-21-28-17(14-31(21)13-16)12-27-22(33)15-34-24-30-29-23(19-8-4-5-9-20(19)26)32(24)18-6-2-1-3-7-18/h1-11,13-14H,12,15H2,(H,27,33). The summed E-state index contributed by atoms with van der Waals surface area (Å²) >= 11 is 7.23. The van der Waals surface area contributed by atoms with Crippen LogP contribution in [0.25, 0.3) is 22.7 Å². The van der Waals surface area contributed by atoms with Gasteiger partial charge in [-0.15, -0.1) is 10.2 Å². The third-order valence-electron chi connectivity index (χ3n) is 5.03. The van der Waals surface area contributed by atoms with Gasteiger partial charge in [-0.05, 0) is 36.4 Å². The van der Waals surface area contributed by atoms with E-state index in [4.69, 9.17) is 11.6 Å². The summed E-state index contributed by atoms with van der Waals surface area (Å²) in [6, 6.07) is 19.4. The molecule has 0 radical (unpaired) electrons. The average molecular weight is 493 g/mol. The Morgan fingerprint density at radius 3 is 2.62 bits per heavy atom. The minimum Gasteiger partial charge on any atom is -0.350 e. The SMILES string of the molecule is O=C(CSc1nnc(-c2ccccc2F)n1-c1ccccc1)NCc1cn2cc(Cl)ccc2n1. The molecule has 3 aromatic heterocycles. The van der Waals surface area contributed by atoms with Crippen LogP contribution < -0.4 is 5.32 Å². The molecule has 3 heterocycles. The third-order valence-corrected chi connectivity index (χ3v) is 6.18. The highest BCUT2D eigenvalue weighted by Crippen LogP contribution is 2.29. The fourth-order valence-corrected chi connectivity index (χ4v) is 4.41. The molecule has 2 aromatic carbocycles. The van der Waals surface area contributed by atoms with Crippen molar-refractivity contribution >= 4 is 34.9 Å². The molecule has 1 amide bonds. The number of carbonyl (C=O) groups excluding carboxylic acids is 1. The van der Waals surface area contributed by atoms with Crippen LogP contribution in [0.2, 0.25) is 5.02 Å². The van der Waals surface area contributed by atoms with Crippen molar-refractivity contribution < 1.29 is 9.18 Å². The van der Waals surface area contributed by atoms with Gasteiger partial charge in [-0.1, -0.05) is 53.7 Å². The number of benzene rings is 2. The molecule has 5 rings (SSSR count). The molecule has 0 spiro atoms. The van der Waals surface area contributed by atoms with E-state index in [2.05, 4.69) is 20.5 Å². The second-order valence-corrected chi connectivity index (χ2v) is 8.75. The van der Waals surface area contributed by atoms with Crippen molar-refractivity contribution in [3.8, 4) is 17.1 Å². The van der Waals surface area contributed by atoms with E-state index in [9.17, 15) is 9.18 Å². The van der Waals surface area contributed by atoms with Crippen LogP contribution in [0.5, 0.6) is 0 Å². The molecule has 1 N–H and O–H groups in total. The molecule has 10 heteroatoms. The van der Waals surface area contributed by atoms with E-state index in [1.54, 1.807) is 35.0 Å². The van der Waals surface area contributed by atoms with Crippen LogP contribution in [0.15, 0.2) is 84.3 Å². The molecule has 0 fully saturated rings. The van der Waals surface area contributed by atoms with E-state index >= 15 is 0 Å². The summed E-state index contributed by atoms with van der Waals surface area (Å²) in [4.78, 5) is 17.0. The fourth-order valence-electron chi connectivity index (χ4n) is 3.46. The zero-order chi connectivity index (χ0) is 23.5. The van der Waals surface area contributed by atoms with E-state index < -0.39 is 5.82 Å². The zero-order valence-electron chi connectivity index (χ0n) is 17.7. The summed E-state index contributed by atoms with van der Waals surface area (Å²) in [5.41, 5.74) is 2.58. The number of rotatable bonds is 7. The first kappa shape index (κ1) is 22.1. The zero-order valence-corrected chi connectivity index (χ0v) is 19.3. The van der Waals surface area contributed by atoms with Crippen LogP contribution in [0.4, 0.5) is 4.39 Å². The van der Waals surface area contributed by atoms with Crippen LogP contribution in [-0.2, 0) is 11.3 Å². The summed E-state index contributed by atoms with van der Waals surface area (Å²) < 4.78 is 18.1. The molecule has 0 saturated heterocycles. The lowest BCUT2D eigenvalue weighted by Gasteiger charge is -2.10. The Bertz CT molecular complexity index is 1470. The number of pyridine rings is 1. The first-order valence-corrected chi connectivity index (χ1v) is 11.7. The number of nitrogens with zero attached hydrogens (tertiary/aromatic N) is 5. The van der Waals surface area contributed by atoms with Crippen LogP contribution >= 0.6 is 23.4 Å². The highest BCUT2D eigenvalue weighted by molar-refractivity contribution is 7.99. The number of aromatic nitrogens is 5. The predicted molar refractivity (Wildman–Crippen MR) is 130 cm³/mol. The van der Waals surface area contributed by atoms with E-state index in [1.165, 1.54) is 17.8 Å². The van der Waals surface area contributed by atoms with E-state index in [-0.39, 0.29) is 18.2 Å². The summed E-state index contributed by atoms with van der Waals surface area (Å²) in [7, 11) is 0. The van der Waals surface area contributed by atoms with Gasteiger partial charge in [0.2, 0.25) is 5.91 Å². The van der Waals surface area contributed by atoms with Gasteiger partial charge in [-0.2, -0.15) is 0 Å². The number of hydrogen-bond acceptors (Lipinski definition) is 5. The second-order valence-electron chi connectivity index (χ2n) is 7.37. The molecule has 0 aliphatic carbocycles. The van der Waals surface area contributed by atoms with Crippen molar-refractivity contribution in [3.05, 3.63) is 95.7 Å². The van der Waals surface area contributed by atoms with Crippen molar-refractivity contribution in [1.82, 2.24) is 29.5 Å². The number of amides is 1. The van der Waals surface area contributed by atoms with Crippen LogP contribution in [-0.4, -0.2) is 35.8 Å². The van der Waals surface area contributed by atoms with Crippen molar-refractivity contribution in [1.29, 1.82) is 0 Å². The number of carbonyl (C=O) groups is 1. The number of hydrogen-bond donors (Lipinski definition) is 1. The van der Waals surface area contributed by atoms with Crippen molar-refractivity contribution in [3.63, 3.8) is 0 Å². The molecule has 0 aliphatic rings. The van der Waals surface area contributed by atoms with Crippen LogP contribution in [0.3, 0.4) is 0 Å². The third kappa shape index (κ3) is 4.66. The number of thioether (sulfide) groups is 1. The number of halogens is 2. The fraction of sp³-hybridized carbons (Fsp3) is 0.0833. The molecule has 34 heavy (non-hydrogen) atoms. The lowest BCUT2D eigenvalue weighted by molar-refractivity contribution is -0.118. The number of nitrogens with one attached hydrogen (secondary N) is 1. The van der Waals surface area contributed by atoms with E-state index in [1.807, 2.05) is 47.0 Å². The molecule has 5 aromatic rings. The highest BCUT2D eigenvalue weighted by Gasteiger charge is 2.19. The average Bonchev–Trinajstić information content (AvgIpc) is 3.45. The largest absolute Gasteiger partial charge is 0.350 e. The molecular weight excluding hydrogens is 475 g/mol. The summed E-state index contributed by atoms with van der Waals surface area (Å²) in [6.07, 6.45) is 3.58. The van der Waals surface area contributed by atoms with Gasteiger partial charge < -0.3 is 9.72 Å². The Morgan fingerprint density at radius 2 is 1.79 bits per heavy atom. The van der Waals surface area contributed by atoms with Gasteiger partial charge in [-0.25, -0.2) is 9.37 Å². The topological polar surface area (TPSA) is 77.1 Å². The second kappa shape index (κ2) is 9.66. The van der Waals surface area contributed by atoms with Gasteiger partial charge in [0.25, 0.3) is 0 Å². The summed E-state index contributed by atoms with van der Waals surface area (Å²) in [5, 5.41) is 12.4. The summed E-state index contributed by atoms with van der Waals surface area (Å²) in [6.45, 7) is 0.282. The monoisotopic (exact) mass is 492 g/mol. The molecule has 0 aliphatic heterocycles. The molecular formula is C24H18ClFN6OS. The van der Waals surface area contributed by atoms with Gasteiger partial charge in [-0.3, -0.25) is 9.36 Å². The Hall–Kier alpha value is -3.69. The maximum absolute atomic E-state index is 14.5. The Labute approximate surface area is 203 Å². The lowest BCUT2D eigenvalue weighted by atomic mass is 10.2. The smallest absolute Gasteiger partial charge is 0.230 e. The van der Waals surface area contributed by atoms with Gasteiger partial charge in [0, 0.05) is 18.1 Å². The molecule has 0 saturated carbocycles. The quantitative estimate of drug-likeness (QED) is 0.331. The van der Waals surface area contributed by atoms with Gasteiger partial charge in [0.15, 0.2) is 11.0 Å².